The average molecular weight is 446 g/mol. The SMILES string of the molecule is Cc1ccc(C2=NN(C(=O)CSc3nnc(-c4cccnc4)o3)[C@@H](c3ccco3)C2)cc1. The minimum atomic E-state index is -0.289. The number of hydrogen-bond acceptors (Lipinski definition) is 8. The lowest BCUT2D eigenvalue weighted by atomic mass is 10.0. The van der Waals surface area contributed by atoms with Gasteiger partial charge in [-0.05, 0) is 36.8 Å². The summed E-state index contributed by atoms with van der Waals surface area (Å²) in [6.07, 6.45) is 5.51. The summed E-state index contributed by atoms with van der Waals surface area (Å²) in [7, 11) is 0. The molecule has 0 saturated carbocycles. The Balaban J connectivity index is 1.32. The monoisotopic (exact) mass is 445 g/mol. The van der Waals surface area contributed by atoms with E-state index in [1.165, 1.54) is 22.3 Å². The Morgan fingerprint density at radius 3 is 2.75 bits per heavy atom. The van der Waals surface area contributed by atoms with Crippen LogP contribution in [0.4, 0.5) is 0 Å². The van der Waals surface area contributed by atoms with Crippen molar-refractivity contribution in [2.24, 2.45) is 5.10 Å². The summed E-state index contributed by atoms with van der Waals surface area (Å²) in [4.78, 5) is 17.1. The van der Waals surface area contributed by atoms with Gasteiger partial charge in [-0.15, -0.1) is 10.2 Å². The number of thioether (sulfide) groups is 1. The number of aromatic nitrogens is 3. The van der Waals surface area contributed by atoms with Gasteiger partial charge in [0.25, 0.3) is 11.1 Å². The fourth-order valence-electron chi connectivity index (χ4n) is 3.43. The molecule has 8 nitrogen and oxygen atoms in total. The van der Waals surface area contributed by atoms with Crippen LogP contribution in [0.5, 0.6) is 0 Å². The van der Waals surface area contributed by atoms with E-state index in [1.54, 1.807) is 24.7 Å². The van der Waals surface area contributed by atoms with Crippen molar-refractivity contribution >= 4 is 23.4 Å². The normalized spacial score (nSPS) is 15.7. The van der Waals surface area contributed by atoms with Crippen LogP contribution in [0.25, 0.3) is 11.5 Å². The fourth-order valence-corrected chi connectivity index (χ4v) is 4.04. The van der Waals surface area contributed by atoms with Gasteiger partial charge in [0.2, 0.25) is 5.89 Å². The predicted molar refractivity (Wildman–Crippen MR) is 119 cm³/mol. The van der Waals surface area contributed by atoms with Crippen LogP contribution in [-0.2, 0) is 4.79 Å². The van der Waals surface area contributed by atoms with Crippen molar-refractivity contribution in [3.8, 4) is 11.5 Å². The molecule has 4 heterocycles. The van der Waals surface area contributed by atoms with E-state index in [0.29, 0.717) is 23.3 Å². The van der Waals surface area contributed by atoms with Gasteiger partial charge in [-0.3, -0.25) is 9.78 Å². The second kappa shape index (κ2) is 8.80. The summed E-state index contributed by atoms with van der Waals surface area (Å²) in [6.45, 7) is 2.04. The number of amides is 1. The molecular weight excluding hydrogens is 426 g/mol. The van der Waals surface area contributed by atoms with Crippen LogP contribution in [0.15, 0.2) is 86.3 Å². The molecule has 9 heteroatoms. The Hall–Kier alpha value is -3.72. The highest BCUT2D eigenvalue weighted by Crippen LogP contribution is 2.34. The van der Waals surface area contributed by atoms with Crippen LogP contribution in [0.2, 0.25) is 0 Å². The molecule has 5 rings (SSSR count). The molecule has 1 amide bonds. The van der Waals surface area contributed by atoms with E-state index in [0.717, 1.165) is 16.8 Å². The molecule has 1 aromatic carbocycles. The highest BCUT2D eigenvalue weighted by atomic mass is 32.2. The van der Waals surface area contributed by atoms with Gasteiger partial charge in [-0.2, -0.15) is 5.10 Å². The summed E-state index contributed by atoms with van der Waals surface area (Å²) in [5.41, 5.74) is 3.74. The molecule has 0 N–H and O–H groups in total. The van der Waals surface area contributed by atoms with Crippen LogP contribution >= 0.6 is 11.8 Å². The van der Waals surface area contributed by atoms with Gasteiger partial charge < -0.3 is 8.83 Å². The molecular formula is C23H19N5O3S. The summed E-state index contributed by atoms with van der Waals surface area (Å²) in [6, 6.07) is 15.1. The lowest BCUT2D eigenvalue weighted by molar-refractivity contribution is -0.130. The van der Waals surface area contributed by atoms with Gasteiger partial charge in [0.05, 0.1) is 23.3 Å². The van der Waals surface area contributed by atoms with E-state index in [1.807, 2.05) is 49.4 Å². The van der Waals surface area contributed by atoms with Crippen LogP contribution in [0.3, 0.4) is 0 Å². The first-order chi connectivity index (χ1) is 15.7. The van der Waals surface area contributed by atoms with Crippen LogP contribution < -0.4 is 0 Å². The van der Waals surface area contributed by atoms with E-state index < -0.39 is 0 Å². The van der Waals surface area contributed by atoms with Crippen molar-refractivity contribution in [2.45, 2.75) is 24.6 Å². The van der Waals surface area contributed by atoms with Crippen molar-refractivity contribution in [3.63, 3.8) is 0 Å². The molecule has 3 aromatic heterocycles. The van der Waals surface area contributed by atoms with Crippen LogP contribution in [0.1, 0.15) is 29.3 Å². The lowest BCUT2D eigenvalue weighted by Gasteiger charge is -2.19. The quantitative estimate of drug-likeness (QED) is 0.403. The predicted octanol–water partition coefficient (Wildman–Crippen LogP) is 4.50. The number of carbonyl (C=O) groups is 1. The summed E-state index contributed by atoms with van der Waals surface area (Å²) >= 11 is 1.18. The number of hydrogen-bond donors (Lipinski definition) is 0. The van der Waals surface area contributed by atoms with E-state index in [2.05, 4.69) is 20.3 Å². The standard InChI is InChI=1S/C23H19N5O3S/c1-15-6-8-16(9-7-15)18-12-19(20-5-3-11-30-20)28(27-18)21(29)14-32-23-26-25-22(31-23)17-4-2-10-24-13-17/h2-11,13,19H,12,14H2,1H3/t19-/m1/s1. The molecule has 0 aliphatic carbocycles. The highest BCUT2D eigenvalue weighted by molar-refractivity contribution is 7.99. The largest absolute Gasteiger partial charge is 0.467 e. The Bertz CT molecular complexity index is 1240. The number of carbonyl (C=O) groups excluding carboxylic acids is 1. The Morgan fingerprint density at radius 1 is 1.12 bits per heavy atom. The molecule has 0 bridgehead atoms. The molecule has 1 aliphatic rings. The van der Waals surface area contributed by atoms with Gasteiger partial charge in [0.15, 0.2) is 0 Å². The maximum absolute atomic E-state index is 13.1. The zero-order valence-electron chi connectivity index (χ0n) is 17.2. The number of aryl methyl sites for hydroxylation is 1. The molecule has 0 radical (unpaired) electrons. The summed E-state index contributed by atoms with van der Waals surface area (Å²) < 4.78 is 11.3. The van der Waals surface area contributed by atoms with Crippen molar-refractivity contribution in [3.05, 3.63) is 84.1 Å². The van der Waals surface area contributed by atoms with Gasteiger partial charge >= 0.3 is 0 Å². The van der Waals surface area contributed by atoms with Gasteiger partial charge in [-0.1, -0.05) is 41.6 Å². The zero-order chi connectivity index (χ0) is 21.9. The van der Waals surface area contributed by atoms with Gasteiger partial charge in [0.1, 0.15) is 11.8 Å². The van der Waals surface area contributed by atoms with Gasteiger partial charge in [-0.25, -0.2) is 5.01 Å². The molecule has 160 valence electrons. The first-order valence-electron chi connectivity index (χ1n) is 10.0. The van der Waals surface area contributed by atoms with Crippen molar-refractivity contribution < 1.29 is 13.6 Å². The van der Waals surface area contributed by atoms with Crippen LogP contribution in [-0.4, -0.2) is 37.6 Å². The smallest absolute Gasteiger partial charge is 0.277 e. The number of pyridine rings is 1. The molecule has 1 atom stereocenters. The molecule has 1 aliphatic heterocycles. The Kier molecular flexibility index (Phi) is 5.55. The molecule has 0 saturated heterocycles. The number of rotatable bonds is 6. The number of furan rings is 1. The fraction of sp³-hybridized carbons (Fsp3) is 0.174. The number of nitrogens with zero attached hydrogens (tertiary/aromatic N) is 5. The summed E-state index contributed by atoms with van der Waals surface area (Å²) in [5.74, 6) is 1.00. The molecule has 4 aromatic rings. The Labute approximate surface area is 188 Å². The van der Waals surface area contributed by atoms with Gasteiger partial charge in [0, 0.05) is 18.8 Å². The molecule has 0 spiro atoms. The second-order valence-corrected chi connectivity index (χ2v) is 8.22. The molecule has 0 fully saturated rings. The van der Waals surface area contributed by atoms with E-state index in [9.17, 15) is 4.79 Å². The third kappa shape index (κ3) is 4.19. The maximum Gasteiger partial charge on any atom is 0.277 e. The Morgan fingerprint density at radius 2 is 2.00 bits per heavy atom. The lowest BCUT2D eigenvalue weighted by Crippen LogP contribution is -2.28. The first kappa shape index (κ1) is 20.2. The van der Waals surface area contributed by atoms with E-state index >= 15 is 0 Å². The van der Waals surface area contributed by atoms with Crippen molar-refractivity contribution in [2.75, 3.05) is 5.75 Å². The van der Waals surface area contributed by atoms with Crippen molar-refractivity contribution in [1.29, 1.82) is 0 Å². The number of hydrazone groups is 1. The first-order valence-corrected chi connectivity index (χ1v) is 11.0. The van der Waals surface area contributed by atoms with E-state index in [4.69, 9.17) is 8.83 Å². The topological polar surface area (TPSA) is 97.6 Å². The second-order valence-electron chi connectivity index (χ2n) is 7.29. The third-order valence-electron chi connectivity index (χ3n) is 5.06. The summed E-state index contributed by atoms with van der Waals surface area (Å²) in [5, 5.41) is 14.5. The maximum atomic E-state index is 13.1. The zero-order valence-corrected chi connectivity index (χ0v) is 18.0. The highest BCUT2D eigenvalue weighted by Gasteiger charge is 2.35. The minimum Gasteiger partial charge on any atom is -0.467 e. The number of benzene rings is 1. The third-order valence-corrected chi connectivity index (χ3v) is 5.86. The molecule has 0 unspecified atom stereocenters. The molecule has 32 heavy (non-hydrogen) atoms. The average Bonchev–Trinajstić information content (AvgIpc) is 3.59. The minimum absolute atomic E-state index is 0.108. The van der Waals surface area contributed by atoms with E-state index in [-0.39, 0.29) is 17.7 Å². The van der Waals surface area contributed by atoms with Crippen LogP contribution in [0, 0.1) is 6.92 Å². The van der Waals surface area contributed by atoms with Crippen molar-refractivity contribution in [1.82, 2.24) is 20.2 Å².